The molecule has 0 aliphatic rings. The maximum Gasteiger partial charge on any atom is 0.232 e. The number of thiophene rings is 1. The van der Waals surface area contributed by atoms with Crippen LogP contribution in [-0.4, -0.2) is 45.3 Å². The fourth-order valence-electron chi connectivity index (χ4n) is 1.52. The maximum atomic E-state index is 11.8. The number of H-pyrrole nitrogens is 1. The van der Waals surface area contributed by atoms with E-state index in [0.717, 1.165) is 4.88 Å². The Balaban J connectivity index is 1.82. The number of nitrogens with zero attached hydrogens (tertiary/aromatic N) is 4. The third-order valence-corrected chi connectivity index (χ3v) is 4.41. The fraction of sp³-hybridized carbons (Fsp3) is 0.286. The lowest BCUT2D eigenvalue weighted by Crippen LogP contribution is -2.29. The summed E-state index contributed by atoms with van der Waals surface area (Å²) in [6.45, 7) is 0.443. The lowest BCUT2D eigenvalue weighted by Gasteiger charge is -2.14. The van der Waals surface area contributed by atoms with Gasteiger partial charge in [0.2, 0.25) is 11.1 Å². The summed E-state index contributed by atoms with van der Waals surface area (Å²) in [6.07, 6.45) is 4.15. The van der Waals surface area contributed by atoms with Gasteiger partial charge in [-0.1, -0.05) is 17.8 Å². The van der Waals surface area contributed by atoms with Gasteiger partial charge >= 0.3 is 0 Å². The zero-order chi connectivity index (χ0) is 15.8. The zero-order valence-corrected chi connectivity index (χ0v) is 13.7. The first-order valence-electron chi connectivity index (χ1n) is 6.56. The molecule has 6 nitrogen and oxygen atoms in total. The van der Waals surface area contributed by atoms with E-state index >= 15 is 0 Å². The summed E-state index contributed by atoms with van der Waals surface area (Å²) in [5, 5.41) is 17.9. The van der Waals surface area contributed by atoms with Crippen molar-refractivity contribution in [2.45, 2.75) is 11.6 Å². The molecule has 2 aromatic heterocycles. The second-order valence-corrected chi connectivity index (χ2v) is 6.29. The Morgan fingerprint density at radius 3 is 3.18 bits per heavy atom. The minimum absolute atomic E-state index is 0.0410. The van der Waals surface area contributed by atoms with Gasteiger partial charge in [0.1, 0.15) is 5.82 Å². The lowest BCUT2D eigenvalue weighted by molar-refractivity contribution is -0.127. The molecule has 1 N–H and O–H groups in total. The number of aromatic nitrogens is 3. The second-order valence-electron chi connectivity index (χ2n) is 4.36. The molecule has 0 saturated carbocycles. The Bertz CT molecular complexity index is 672. The topological polar surface area (TPSA) is 85.7 Å². The molecule has 0 radical (unpaired) electrons. The number of carbonyl (C=O) groups is 1. The summed E-state index contributed by atoms with van der Waals surface area (Å²) < 4.78 is 0. The number of aromatic amines is 1. The maximum absolute atomic E-state index is 11.8. The van der Waals surface area contributed by atoms with E-state index in [4.69, 9.17) is 5.26 Å². The molecule has 0 spiro atoms. The van der Waals surface area contributed by atoms with Gasteiger partial charge in [0, 0.05) is 18.5 Å². The number of rotatable bonds is 7. The molecule has 1 amide bonds. The van der Waals surface area contributed by atoms with Gasteiger partial charge in [-0.25, -0.2) is 4.98 Å². The summed E-state index contributed by atoms with van der Waals surface area (Å²) in [7, 11) is 1.69. The van der Waals surface area contributed by atoms with Gasteiger partial charge in [-0.15, -0.1) is 16.4 Å². The van der Waals surface area contributed by atoms with Gasteiger partial charge in [0.15, 0.2) is 0 Å². The van der Waals surface area contributed by atoms with Gasteiger partial charge in [-0.2, -0.15) is 5.26 Å². The van der Waals surface area contributed by atoms with Crippen molar-refractivity contribution in [3.8, 4) is 6.07 Å². The molecule has 2 aromatic rings. The van der Waals surface area contributed by atoms with E-state index in [1.165, 1.54) is 11.8 Å². The van der Waals surface area contributed by atoms with Crippen LogP contribution in [0.25, 0.3) is 12.2 Å². The van der Waals surface area contributed by atoms with E-state index < -0.39 is 0 Å². The van der Waals surface area contributed by atoms with Gasteiger partial charge in [-0.3, -0.25) is 9.89 Å². The van der Waals surface area contributed by atoms with Crippen LogP contribution >= 0.6 is 23.1 Å². The number of hydrogen-bond acceptors (Lipinski definition) is 6. The zero-order valence-electron chi connectivity index (χ0n) is 12.0. The standard InChI is InChI=1S/C14H15N5OS2/c1-19(8-3-7-15)13(20)10-22-14-16-12(17-18-14)6-5-11-4-2-9-21-11/h2,4-6,9H,3,8,10H2,1H3,(H,16,17,18)/b6-5+. The molecule has 0 atom stereocenters. The Hall–Kier alpha value is -2.11. The number of carbonyl (C=O) groups excluding carboxylic acids is 1. The highest BCUT2D eigenvalue weighted by Crippen LogP contribution is 2.15. The molecule has 0 saturated heterocycles. The Labute approximate surface area is 136 Å². The van der Waals surface area contributed by atoms with Crippen molar-refractivity contribution in [3.63, 3.8) is 0 Å². The van der Waals surface area contributed by atoms with Crippen molar-refractivity contribution in [2.24, 2.45) is 0 Å². The molecular weight excluding hydrogens is 318 g/mol. The minimum Gasteiger partial charge on any atom is -0.344 e. The average molecular weight is 333 g/mol. The number of hydrogen-bond donors (Lipinski definition) is 1. The lowest BCUT2D eigenvalue weighted by atomic mass is 10.4. The van der Waals surface area contributed by atoms with Crippen LogP contribution in [0.5, 0.6) is 0 Å². The van der Waals surface area contributed by atoms with Gasteiger partial charge in [0.25, 0.3) is 0 Å². The van der Waals surface area contributed by atoms with Crippen LogP contribution in [0.2, 0.25) is 0 Å². The molecule has 22 heavy (non-hydrogen) atoms. The van der Waals surface area contributed by atoms with Crippen molar-refractivity contribution in [3.05, 3.63) is 28.2 Å². The van der Waals surface area contributed by atoms with Crippen LogP contribution in [0.4, 0.5) is 0 Å². The van der Waals surface area contributed by atoms with Crippen LogP contribution in [0.1, 0.15) is 17.1 Å². The number of thioether (sulfide) groups is 1. The van der Waals surface area contributed by atoms with Crippen molar-refractivity contribution in [2.75, 3.05) is 19.3 Å². The summed E-state index contributed by atoms with van der Waals surface area (Å²) in [4.78, 5) is 18.8. The van der Waals surface area contributed by atoms with Crippen molar-refractivity contribution < 1.29 is 4.79 Å². The molecule has 0 aliphatic carbocycles. The van der Waals surface area contributed by atoms with E-state index in [1.807, 2.05) is 35.7 Å². The van der Waals surface area contributed by atoms with E-state index in [-0.39, 0.29) is 11.7 Å². The predicted molar refractivity (Wildman–Crippen MR) is 88.2 cm³/mol. The molecular formula is C14H15N5OS2. The number of nitriles is 1. The Morgan fingerprint density at radius 2 is 2.45 bits per heavy atom. The normalized spacial score (nSPS) is 10.7. The Morgan fingerprint density at radius 1 is 1.59 bits per heavy atom. The van der Waals surface area contributed by atoms with Gasteiger partial charge in [0.05, 0.1) is 18.2 Å². The molecule has 2 heterocycles. The first-order chi connectivity index (χ1) is 10.7. The van der Waals surface area contributed by atoms with Crippen molar-refractivity contribution >= 4 is 41.2 Å². The average Bonchev–Trinajstić information content (AvgIpc) is 3.19. The highest BCUT2D eigenvalue weighted by Gasteiger charge is 2.10. The third-order valence-electron chi connectivity index (χ3n) is 2.74. The highest BCUT2D eigenvalue weighted by molar-refractivity contribution is 7.99. The molecule has 0 fully saturated rings. The summed E-state index contributed by atoms with van der Waals surface area (Å²) in [5.74, 6) is 0.871. The number of amides is 1. The fourth-order valence-corrected chi connectivity index (χ4v) is 2.89. The summed E-state index contributed by atoms with van der Waals surface area (Å²) in [6, 6.07) is 6.02. The van der Waals surface area contributed by atoms with Crippen LogP contribution in [0.3, 0.4) is 0 Å². The molecule has 114 valence electrons. The van der Waals surface area contributed by atoms with Gasteiger partial charge in [-0.05, 0) is 23.6 Å². The third kappa shape index (κ3) is 5.02. The smallest absolute Gasteiger partial charge is 0.232 e. The van der Waals surface area contributed by atoms with Crippen LogP contribution in [-0.2, 0) is 4.79 Å². The largest absolute Gasteiger partial charge is 0.344 e. The van der Waals surface area contributed by atoms with Crippen LogP contribution < -0.4 is 0 Å². The summed E-state index contributed by atoms with van der Waals surface area (Å²) >= 11 is 2.92. The Kier molecular flexibility index (Phi) is 6.18. The van der Waals surface area contributed by atoms with Crippen LogP contribution in [0, 0.1) is 11.3 Å². The predicted octanol–water partition coefficient (Wildman–Crippen LogP) is 2.50. The first kappa shape index (κ1) is 16.3. The van der Waals surface area contributed by atoms with E-state index in [0.29, 0.717) is 23.9 Å². The molecule has 8 heteroatoms. The number of nitrogens with one attached hydrogen (secondary N) is 1. The van der Waals surface area contributed by atoms with Crippen molar-refractivity contribution in [1.29, 1.82) is 5.26 Å². The van der Waals surface area contributed by atoms with E-state index in [9.17, 15) is 4.79 Å². The second kappa shape index (κ2) is 8.36. The molecule has 0 bridgehead atoms. The molecule has 0 aromatic carbocycles. The molecule has 0 unspecified atom stereocenters. The first-order valence-corrected chi connectivity index (χ1v) is 8.43. The van der Waals surface area contributed by atoms with Gasteiger partial charge < -0.3 is 4.90 Å². The van der Waals surface area contributed by atoms with E-state index in [1.54, 1.807) is 23.3 Å². The SMILES string of the molecule is CN(CCC#N)C(=O)CSc1n[nH]c(/C=C/c2cccs2)n1. The summed E-state index contributed by atoms with van der Waals surface area (Å²) in [5.41, 5.74) is 0. The molecule has 0 aliphatic heterocycles. The quantitative estimate of drug-likeness (QED) is 0.787. The van der Waals surface area contributed by atoms with E-state index in [2.05, 4.69) is 15.2 Å². The monoisotopic (exact) mass is 333 g/mol. The van der Waals surface area contributed by atoms with Crippen molar-refractivity contribution in [1.82, 2.24) is 20.1 Å². The minimum atomic E-state index is -0.0410. The highest BCUT2D eigenvalue weighted by atomic mass is 32.2. The molecule has 2 rings (SSSR count). The van der Waals surface area contributed by atoms with Crippen LogP contribution in [0.15, 0.2) is 22.7 Å².